The predicted molar refractivity (Wildman–Crippen MR) is 65.0 cm³/mol. The van der Waals surface area contributed by atoms with E-state index in [0.29, 0.717) is 6.04 Å². The van der Waals surface area contributed by atoms with Crippen LogP contribution in [0.4, 0.5) is 0 Å². The van der Waals surface area contributed by atoms with Crippen LogP contribution in [0.3, 0.4) is 0 Å². The largest absolute Gasteiger partial charge is 0.380 e. The zero-order valence-corrected chi connectivity index (χ0v) is 10.8. The molecular weight excluding hydrogens is 256 g/mol. The Labute approximate surface area is 99.4 Å². The van der Waals surface area contributed by atoms with Gasteiger partial charge in [0.05, 0.1) is 6.61 Å². The third-order valence-electron chi connectivity index (χ3n) is 2.18. The molecule has 1 heterocycles. The molecular formula is C11H17BrN2O. The summed E-state index contributed by atoms with van der Waals surface area (Å²) in [5.74, 6) is 0. The molecule has 1 unspecified atom stereocenters. The van der Waals surface area contributed by atoms with Crippen molar-refractivity contribution in [1.82, 2.24) is 10.3 Å². The van der Waals surface area contributed by atoms with E-state index in [-0.39, 0.29) is 0 Å². The highest BCUT2D eigenvalue weighted by Crippen LogP contribution is 2.11. The highest BCUT2D eigenvalue weighted by Gasteiger charge is 2.07. The molecule has 0 radical (unpaired) electrons. The number of likely N-dealkylation sites (N-methyl/N-ethyl adjacent to an activating group) is 1. The van der Waals surface area contributed by atoms with Crippen molar-refractivity contribution in [2.75, 3.05) is 20.3 Å². The van der Waals surface area contributed by atoms with Gasteiger partial charge in [0.2, 0.25) is 0 Å². The maximum atomic E-state index is 5.39. The van der Waals surface area contributed by atoms with Gasteiger partial charge in [0.25, 0.3) is 0 Å². The van der Waals surface area contributed by atoms with Crippen molar-refractivity contribution in [1.29, 1.82) is 0 Å². The summed E-state index contributed by atoms with van der Waals surface area (Å²) in [6.07, 6.45) is 4.62. The first kappa shape index (κ1) is 12.6. The molecule has 0 aromatic carbocycles. The topological polar surface area (TPSA) is 34.1 Å². The average Bonchev–Trinajstić information content (AvgIpc) is 2.24. The lowest BCUT2D eigenvalue weighted by molar-refractivity contribution is 0.125. The Kier molecular flexibility index (Phi) is 5.83. The van der Waals surface area contributed by atoms with Crippen LogP contribution in [0.25, 0.3) is 0 Å². The van der Waals surface area contributed by atoms with E-state index in [2.05, 4.69) is 32.3 Å². The molecule has 1 aromatic heterocycles. The minimum Gasteiger partial charge on any atom is -0.380 e. The Morgan fingerprint density at radius 3 is 2.93 bits per heavy atom. The maximum Gasteiger partial charge on any atom is 0.0622 e. The van der Waals surface area contributed by atoms with Crippen molar-refractivity contribution < 1.29 is 4.74 Å². The fourth-order valence-corrected chi connectivity index (χ4v) is 1.77. The van der Waals surface area contributed by atoms with Gasteiger partial charge in [-0.3, -0.25) is 4.98 Å². The molecule has 0 fully saturated rings. The van der Waals surface area contributed by atoms with Crippen LogP contribution in [0.2, 0.25) is 0 Å². The van der Waals surface area contributed by atoms with Gasteiger partial charge in [-0.2, -0.15) is 0 Å². The molecule has 0 aliphatic carbocycles. The quantitative estimate of drug-likeness (QED) is 0.861. The molecule has 0 bridgehead atoms. The first-order chi connectivity index (χ1) is 7.26. The first-order valence-electron chi connectivity index (χ1n) is 5.10. The van der Waals surface area contributed by atoms with Gasteiger partial charge < -0.3 is 10.1 Å². The van der Waals surface area contributed by atoms with Crippen molar-refractivity contribution in [3.8, 4) is 0 Å². The summed E-state index contributed by atoms with van der Waals surface area (Å²) in [5.41, 5.74) is 1.21. The Bertz CT molecular complexity index is 294. The van der Waals surface area contributed by atoms with Gasteiger partial charge in [-0.05, 0) is 48.0 Å². The number of aromatic nitrogens is 1. The van der Waals surface area contributed by atoms with Crippen molar-refractivity contribution in [3.63, 3.8) is 0 Å². The van der Waals surface area contributed by atoms with E-state index in [9.17, 15) is 0 Å². The summed E-state index contributed by atoms with van der Waals surface area (Å²) in [6, 6.07) is 2.43. The number of hydrogen-bond donors (Lipinski definition) is 1. The normalized spacial score (nSPS) is 12.7. The molecule has 0 saturated heterocycles. The van der Waals surface area contributed by atoms with Gasteiger partial charge in [-0.25, -0.2) is 0 Å². The average molecular weight is 273 g/mol. The second-order valence-electron chi connectivity index (χ2n) is 3.36. The van der Waals surface area contributed by atoms with E-state index in [1.165, 1.54) is 5.56 Å². The molecule has 4 heteroatoms. The molecule has 1 N–H and O–H groups in total. The smallest absolute Gasteiger partial charge is 0.0622 e. The van der Waals surface area contributed by atoms with Gasteiger partial charge in [0.15, 0.2) is 0 Å². The summed E-state index contributed by atoms with van der Waals surface area (Å²) < 4.78 is 6.41. The third kappa shape index (κ3) is 4.73. The maximum absolute atomic E-state index is 5.39. The van der Waals surface area contributed by atoms with Crippen molar-refractivity contribution in [2.24, 2.45) is 0 Å². The summed E-state index contributed by atoms with van der Waals surface area (Å²) in [6.45, 7) is 3.50. The van der Waals surface area contributed by atoms with E-state index < -0.39 is 0 Å². The Balaban J connectivity index is 2.50. The molecule has 0 aliphatic heterocycles. The minimum atomic E-state index is 0.348. The number of nitrogens with zero attached hydrogens (tertiary/aromatic N) is 1. The van der Waals surface area contributed by atoms with Gasteiger partial charge in [0.1, 0.15) is 0 Å². The zero-order valence-electron chi connectivity index (χ0n) is 9.16. The van der Waals surface area contributed by atoms with Crippen molar-refractivity contribution >= 4 is 15.9 Å². The van der Waals surface area contributed by atoms with Crippen LogP contribution in [0, 0.1) is 0 Å². The van der Waals surface area contributed by atoms with E-state index >= 15 is 0 Å². The second-order valence-corrected chi connectivity index (χ2v) is 4.28. The van der Waals surface area contributed by atoms with Crippen LogP contribution >= 0.6 is 15.9 Å². The molecule has 0 spiro atoms. The highest BCUT2D eigenvalue weighted by atomic mass is 79.9. The fourth-order valence-electron chi connectivity index (χ4n) is 1.36. The van der Waals surface area contributed by atoms with Crippen LogP contribution in [0.1, 0.15) is 12.5 Å². The molecule has 1 aromatic rings. The van der Waals surface area contributed by atoms with Crippen LogP contribution in [-0.2, 0) is 11.2 Å². The van der Waals surface area contributed by atoms with E-state index in [4.69, 9.17) is 4.74 Å². The Morgan fingerprint density at radius 1 is 1.53 bits per heavy atom. The lowest BCUT2D eigenvalue weighted by Gasteiger charge is -2.15. The van der Waals surface area contributed by atoms with Crippen LogP contribution in [-0.4, -0.2) is 31.3 Å². The third-order valence-corrected chi connectivity index (χ3v) is 2.61. The molecule has 1 rings (SSSR count). The molecule has 0 aliphatic rings. The van der Waals surface area contributed by atoms with Gasteiger partial charge in [0, 0.05) is 29.5 Å². The number of halogens is 1. The molecule has 0 amide bonds. The van der Waals surface area contributed by atoms with E-state index in [1.807, 2.05) is 20.2 Å². The van der Waals surface area contributed by atoms with Crippen LogP contribution in [0.5, 0.6) is 0 Å². The molecule has 0 saturated carbocycles. The number of nitrogens with one attached hydrogen (secondary N) is 1. The van der Waals surface area contributed by atoms with Crippen LogP contribution in [0.15, 0.2) is 22.9 Å². The van der Waals surface area contributed by atoms with Crippen LogP contribution < -0.4 is 5.32 Å². The second kappa shape index (κ2) is 6.93. The lowest BCUT2D eigenvalue weighted by Crippen LogP contribution is -2.32. The van der Waals surface area contributed by atoms with Gasteiger partial charge in [-0.15, -0.1) is 0 Å². The number of ether oxygens (including phenoxy) is 1. The predicted octanol–water partition coefficient (Wildman–Crippen LogP) is 2.01. The van der Waals surface area contributed by atoms with Gasteiger partial charge >= 0.3 is 0 Å². The van der Waals surface area contributed by atoms with E-state index in [1.54, 1.807) is 6.20 Å². The monoisotopic (exact) mass is 272 g/mol. The standard InChI is InChI=1S/C11H17BrN2O/c1-3-15-8-11(13-2)5-9-4-10(12)7-14-6-9/h4,6-7,11,13H,3,5,8H2,1-2H3. The summed E-state index contributed by atoms with van der Waals surface area (Å²) in [5, 5.41) is 3.24. The minimum absolute atomic E-state index is 0.348. The first-order valence-corrected chi connectivity index (χ1v) is 5.90. The Morgan fingerprint density at radius 2 is 2.33 bits per heavy atom. The van der Waals surface area contributed by atoms with Crippen molar-refractivity contribution in [2.45, 2.75) is 19.4 Å². The fraction of sp³-hybridized carbons (Fsp3) is 0.545. The Hall–Kier alpha value is -0.450. The summed E-state index contributed by atoms with van der Waals surface area (Å²) in [7, 11) is 1.95. The SMILES string of the molecule is CCOCC(Cc1cncc(Br)c1)NC. The van der Waals surface area contributed by atoms with Crippen molar-refractivity contribution in [3.05, 3.63) is 28.5 Å². The molecule has 1 atom stereocenters. The molecule has 84 valence electrons. The molecule has 3 nitrogen and oxygen atoms in total. The number of hydrogen-bond acceptors (Lipinski definition) is 3. The zero-order chi connectivity index (χ0) is 11.1. The number of pyridine rings is 1. The molecule has 15 heavy (non-hydrogen) atoms. The highest BCUT2D eigenvalue weighted by molar-refractivity contribution is 9.10. The summed E-state index contributed by atoms with van der Waals surface area (Å²) in [4.78, 5) is 4.14. The van der Waals surface area contributed by atoms with Gasteiger partial charge in [-0.1, -0.05) is 0 Å². The summed E-state index contributed by atoms with van der Waals surface area (Å²) >= 11 is 3.41. The van der Waals surface area contributed by atoms with E-state index in [0.717, 1.165) is 24.1 Å². The lowest BCUT2D eigenvalue weighted by atomic mass is 10.1. The number of rotatable bonds is 6.